The number of carboxylic acid groups (broad SMARTS) is 1. The van der Waals surface area contributed by atoms with Crippen LogP contribution < -0.4 is 5.32 Å². The van der Waals surface area contributed by atoms with Crippen LogP contribution in [0.2, 0.25) is 0 Å². The van der Waals surface area contributed by atoms with E-state index < -0.39 is 6.09 Å². The summed E-state index contributed by atoms with van der Waals surface area (Å²) in [5.41, 5.74) is 0. The molecule has 2 aliphatic rings. The second kappa shape index (κ2) is 5.69. The molecule has 1 atom stereocenters. The number of rotatable bonds is 2. The van der Waals surface area contributed by atoms with Crippen molar-refractivity contribution in [3.8, 4) is 0 Å². The van der Waals surface area contributed by atoms with E-state index in [1.165, 1.54) is 0 Å². The summed E-state index contributed by atoms with van der Waals surface area (Å²) >= 11 is 0. The van der Waals surface area contributed by atoms with E-state index in [2.05, 4.69) is 17.1 Å². The molecule has 2 aliphatic heterocycles. The van der Waals surface area contributed by atoms with Gasteiger partial charge in [-0.25, -0.2) is 4.79 Å². The first-order valence-electron chi connectivity index (χ1n) is 6.61. The molecule has 1 unspecified atom stereocenters. The van der Waals surface area contributed by atoms with Crippen LogP contribution in [0.4, 0.5) is 4.79 Å². The summed E-state index contributed by atoms with van der Waals surface area (Å²) in [6.07, 6.45) is 1.26. The SMILES string of the molecule is CC(C1CCN(C(=O)O)CC1)N1CCNCC1. The van der Waals surface area contributed by atoms with Crippen molar-refractivity contribution in [3.63, 3.8) is 0 Å². The molecule has 0 radical (unpaired) electrons. The number of piperazine rings is 1. The van der Waals surface area contributed by atoms with Crippen molar-refractivity contribution in [2.75, 3.05) is 39.3 Å². The minimum absolute atomic E-state index is 0.591. The summed E-state index contributed by atoms with van der Waals surface area (Å²) in [5, 5.41) is 12.3. The van der Waals surface area contributed by atoms with Gasteiger partial charge in [0.05, 0.1) is 0 Å². The molecule has 98 valence electrons. The van der Waals surface area contributed by atoms with Gasteiger partial charge >= 0.3 is 6.09 Å². The number of likely N-dealkylation sites (tertiary alicyclic amines) is 1. The fourth-order valence-corrected chi connectivity index (χ4v) is 2.96. The Morgan fingerprint density at radius 1 is 1.24 bits per heavy atom. The van der Waals surface area contributed by atoms with Gasteiger partial charge in [-0.05, 0) is 25.7 Å². The van der Waals surface area contributed by atoms with Crippen LogP contribution in [0, 0.1) is 5.92 Å². The lowest BCUT2D eigenvalue weighted by Gasteiger charge is -2.40. The highest BCUT2D eigenvalue weighted by Crippen LogP contribution is 2.24. The zero-order valence-electron chi connectivity index (χ0n) is 10.6. The minimum atomic E-state index is -0.765. The van der Waals surface area contributed by atoms with E-state index in [0.29, 0.717) is 25.0 Å². The lowest BCUT2D eigenvalue weighted by atomic mass is 9.89. The highest BCUT2D eigenvalue weighted by Gasteiger charge is 2.29. The Morgan fingerprint density at radius 3 is 2.35 bits per heavy atom. The van der Waals surface area contributed by atoms with Crippen LogP contribution in [-0.4, -0.2) is 66.3 Å². The van der Waals surface area contributed by atoms with Gasteiger partial charge in [0.1, 0.15) is 0 Å². The van der Waals surface area contributed by atoms with Crippen LogP contribution in [0.5, 0.6) is 0 Å². The van der Waals surface area contributed by atoms with Gasteiger partial charge in [-0.15, -0.1) is 0 Å². The van der Waals surface area contributed by atoms with Crippen molar-refractivity contribution in [3.05, 3.63) is 0 Å². The van der Waals surface area contributed by atoms with Crippen molar-refractivity contribution < 1.29 is 9.90 Å². The average molecular weight is 241 g/mol. The van der Waals surface area contributed by atoms with Crippen molar-refractivity contribution in [2.45, 2.75) is 25.8 Å². The summed E-state index contributed by atoms with van der Waals surface area (Å²) < 4.78 is 0. The summed E-state index contributed by atoms with van der Waals surface area (Å²) in [6, 6.07) is 0.591. The van der Waals surface area contributed by atoms with Crippen LogP contribution in [0.1, 0.15) is 19.8 Å². The second-order valence-corrected chi connectivity index (χ2v) is 5.13. The van der Waals surface area contributed by atoms with Crippen molar-refractivity contribution in [1.82, 2.24) is 15.1 Å². The Hall–Kier alpha value is -0.810. The standard InChI is InChI=1S/C12H23N3O2/c1-10(14-8-4-13-5-9-14)11-2-6-15(7-3-11)12(16)17/h10-11,13H,2-9H2,1H3,(H,16,17). The fraction of sp³-hybridized carbons (Fsp3) is 0.917. The van der Waals surface area contributed by atoms with Crippen LogP contribution in [0.15, 0.2) is 0 Å². The van der Waals surface area contributed by atoms with Gasteiger partial charge in [0, 0.05) is 45.3 Å². The van der Waals surface area contributed by atoms with E-state index in [4.69, 9.17) is 5.11 Å². The molecule has 0 aromatic rings. The third-order valence-electron chi connectivity index (χ3n) is 4.22. The van der Waals surface area contributed by atoms with Crippen LogP contribution >= 0.6 is 0 Å². The summed E-state index contributed by atoms with van der Waals surface area (Å²) in [4.78, 5) is 14.9. The lowest BCUT2D eigenvalue weighted by Crippen LogP contribution is -2.51. The molecule has 2 rings (SSSR count). The van der Waals surface area contributed by atoms with Gasteiger partial charge in [-0.3, -0.25) is 4.90 Å². The Kier molecular flexibility index (Phi) is 4.23. The molecular formula is C12H23N3O2. The van der Waals surface area contributed by atoms with Crippen molar-refractivity contribution in [1.29, 1.82) is 0 Å². The van der Waals surface area contributed by atoms with E-state index in [1.54, 1.807) is 4.90 Å². The van der Waals surface area contributed by atoms with Crippen molar-refractivity contribution >= 4 is 6.09 Å². The Morgan fingerprint density at radius 2 is 1.82 bits per heavy atom. The first-order chi connectivity index (χ1) is 8.18. The summed E-state index contributed by atoms with van der Waals surface area (Å²) in [6.45, 7) is 8.12. The lowest BCUT2D eigenvalue weighted by molar-refractivity contribution is 0.0817. The first-order valence-corrected chi connectivity index (χ1v) is 6.61. The van der Waals surface area contributed by atoms with E-state index in [-0.39, 0.29) is 0 Å². The third kappa shape index (κ3) is 3.10. The maximum Gasteiger partial charge on any atom is 0.407 e. The number of amides is 1. The number of carbonyl (C=O) groups is 1. The van der Waals surface area contributed by atoms with Gasteiger partial charge in [0.15, 0.2) is 0 Å². The molecule has 5 heteroatoms. The summed E-state index contributed by atoms with van der Waals surface area (Å²) in [7, 11) is 0. The molecule has 0 saturated carbocycles. The van der Waals surface area contributed by atoms with Crippen molar-refractivity contribution in [2.24, 2.45) is 5.92 Å². The second-order valence-electron chi connectivity index (χ2n) is 5.13. The Balaban J connectivity index is 1.81. The number of nitrogens with zero attached hydrogens (tertiary/aromatic N) is 2. The van der Waals surface area contributed by atoms with E-state index in [0.717, 1.165) is 39.0 Å². The first kappa shape index (κ1) is 12.6. The van der Waals surface area contributed by atoms with E-state index in [9.17, 15) is 4.79 Å². The van der Waals surface area contributed by atoms with Gasteiger partial charge in [-0.1, -0.05) is 0 Å². The molecule has 2 saturated heterocycles. The minimum Gasteiger partial charge on any atom is -0.465 e. The number of piperidine rings is 1. The molecule has 2 fully saturated rings. The highest BCUT2D eigenvalue weighted by atomic mass is 16.4. The third-order valence-corrected chi connectivity index (χ3v) is 4.22. The normalized spacial score (nSPS) is 25.8. The quantitative estimate of drug-likeness (QED) is 0.746. The molecule has 0 aromatic heterocycles. The summed E-state index contributed by atoms with van der Waals surface area (Å²) in [5.74, 6) is 0.656. The molecule has 1 amide bonds. The predicted molar refractivity (Wildman–Crippen MR) is 66.2 cm³/mol. The molecular weight excluding hydrogens is 218 g/mol. The van der Waals surface area contributed by atoms with Gasteiger partial charge < -0.3 is 15.3 Å². The zero-order chi connectivity index (χ0) is 12.3. The van der Waals surface area contributed by atoms with Crippen LogP contribution in [-0.2, 0) is 0 Å². The molecule has 0 spiro atoms. The van der Waals surface area contributed by atoms with Gasteiger partial charge in [0.2, 0.25) is 0 Å². The predicted octanol–water partition coefficient (Wildman–Crippen LogP) is 0.670. The molecule has 0 aliphatic carbocycles. The Bertz CT molecular complexity index is 258. The smallest absolute Gasteiger partial charge is 0.407 e. The van der Waals surface area contributed by atoms with Gasteiger partial charge in [0.25, 0.3) is 0 Å². The molecule has 2 N–H and O–H groups in total. The zero-order valence-corrected chi connectivity index (χ0v) is 10.6. The van der Waals surface area contributed by atoms with E-state index >= 15 is 0 Å². The number of hydrogen-bond acceptors (Lipinski definition) is 3. The van der Waals surface area contributed by atoms with Gasteiger partial charge in [-0.2, -0.15) is 0 Å². The Labute approximate surface area is 103 Å². The molecule has 0 bridgehead atoms. The van der Waals surface area contributed by atoms with E-state index in [1.807, 2.05) is 0 Å². The molecule has 17 heavy (non-hydrogen) atoms. The maximum atomic E-state index is 10.8. The number of hydrogen-bond donors (Lipinski definition) is 2. The highest BCUT2D eigenvalue weighted by molar-refractivity contribution is 5.64. The fourth-order valence-electron chi connectivity index (χ4n) is 2.96. The molecule has 0 aromatic carbocycles. The average Bonchev–Trinajstić information content (AvgIpc) is 2.39. The van der Waals surface area contributed by atoms with Crippen LogP contribution in [0.25, 0.3) is 0 Å². The molecule has 2 heterocycles. The largest absolute Gasteiger partial charge is 0.465 e. The molecule has 5 nitrogen and oxygen atoms in total. The monoisotopic (exact) mass is 241 g/mol. The number of nitrogens with one attached hydrogen (secondary N) is 1. The maximum absolute atomic E-state index is 10.8. The topological polar surface area (TPSA) is 55.8 Å². The van der Waals surface area contributed by atoms with Crippen LogP contribution in [0.3, 0.4) is 0 Å².